The summed E-state index contributed by atoms with van der Waals surface area (Å²) in [6, 6.07) is 2.40. The van der Waals surface area contributed by atoms with Gasteiger partial charge in [0.05, 0.1) is 3.79 Å². The standard InChI is InChI=1S/C10H13BrN4S2/c1-6(2)15-9(12)13-14-10(15)17-5-7-3-8(11)16-4-7/h3-4,6H,5H2,1-2H3,(H2,12,13). The second-order valence-corrected chi connectivity index (χ2v) is 7.09. The fraction of sp³-hybridized carbons (Fsp3) is 0.400. The molecule has 0 bridgehead atoms. The van der Waals surface area contributed by atoms with E-state index in [-0.39, 0.29) is 6.04 Å². The third kappa shape index (κ3) is 3.02. The Kier molecular flexibility index (Phi) is 4.11. The summed E-state index contributed by atoms with van der Waals surface area (Å²) in [6.45, 7) is 4.15. The van der Waals surface area contributed by atoms with Crippen molar-refractivity contribution < 1.29 is 0 Å². The molecule has 7 heteroatoms. The zero-order chi connectivity index (χ0) is 12.4. The van der Waals surface area contributed by atoms with E-state index in [1.54, 1.807) is 23.1 Å². The number of thiophene rings is 1. The minimum atomic E-state index is 0.279. The second-order valence-electron chi connectivity index (χ2n) is 3.85. The van der Waals surface area contributed by atoms with E-state index in [0.29, 0.717) is 5.95 Å². The van der Waals surface area contributed by atoms with Crippen molar-refractivity contribution in [2.24, 2.45) is 0 Å². The molecule has 0 radical (unpaired) electrons. The largest absolute Gasteiger partial charge is 0.368 e. The lowest BCUT2D eigenvalue weighted by Crippen LogP contribution is -2.06. The van der Waals surface area contributed by atoms with E-state index in [0.717, 1.165) is 14.7 Å². The highest BCUT2D eigenvalue weighted by molar-refractivity contribution is 9.11. The fourth-order valence-electron chi connectivity index (χ4n) is 1.44. The van der Waals surface area contributed by atoms with Gasteiger partial charge in [0.1, 0.15) is 0 Å². The highest BCUT2D eigenvalue weighted by Gasteiger charge is 2.13. The van der Waals surface area contributed by atoms with E-state index in [9.17, 15) is 0 Å². The maximum atomic E-state index is 5.79. The number of thioether (sulfide) groups is 1. The van der Waals surface area contributed by atoms with Gasteiger partial charge in [-0.1, -0.05) is 11.8 Å². The van der Waals surface area contributed by atoms with E-state index in [1.807, 2.05) is 4.57 Å². The van der Waals surface area contributed by atoms with Gasteiger partial charge in [-0.15, -0.1) is 21.5 Å². The van der Waals surface area contributed by atoms with Gasteiger partial charge in [-0.3, -0.25) is 4.57 Å². The Morgan fingerprint density at radius 2 is 2.29 bits per heavy atom. The normalized spacial score (nSPS) is 11.3. The van der Waals surface area contributed by atoms with Crippen LogP contribution < -0.4 is 5.73 Å². The van der Waals surface area contributed by atoms with Crippen molar-refractivity contribution >= 4 is 45.0 Å². The fourth-order valence-corrected chi connectivity index (χ4v) is 3.76. The first-order chi connectivity index (χ1) is 8.08. The van der Waals surface area contributed by atoms with Crippen LogP contribution in [0.1, 0.15) is 25.5 Å². The summed E-state index contributed by atoms with van der Waals surface area (Å²) >= 11 is 6.81. The van der Waals surface area contributed by atoms with E-state index in [2.05, 4.69) is 51.4 Å². The lowest BCUT2D eigenvalue weighted by Gasteiger charge is -2.10. The number of hydrogen-bond donors (Lipinski definition) is 1. The van der Waals surface area contributed by atoms with Crippen molar-refractivity contribution in [1.29, 1.82) is 0 Å². The number of nitrogen functional groups attached to an aromatic ring is 1. The van der Waals surface area contributed by atoms with Gasteiger partial charge in [0.2, 0.25) is 5.95 Å². The molecule has 0 spiro atoms. The van der Waals surface area contributed by atoms with Crippen molar-refractivity contribution in [2.45, 2.75) is 30.8 Å². The first-order valence-corrected chi connectivity index (χ1v) is 7.80. The molecule has 0 atom stereocenters. The molecular formula is C10H13BrN4S2. The molecule has 0 aromatic carbocycles. The van der Waals surface area contributed by atoms with Crippen molar-refractivity contribution in [3.63, 3.8) is 0 Å². The van der Waals surface area contributed by atoms with E-state index < -0.39 is 0 Å². The van der Waals surface area contributed by atoms with Crippen molar-refractivity contribution in [2.75, 3.05) is 5.73 Å². The Bertz CT molecular complexity index is 506. The topological polar surface area (TPSA) is 56.7 Å². The monoisotopic (exact) mass is 332 g/mol. The minimum Gasteiger partial charge on any atom is -0.368 e. The molecule has 2 N–H and O–H groups in total. The van der Waals surface area contributed by atoms with E-state index in [4.69, 9.17) is 5.73 Å². The number of nitrogens with two attached hydrogens (primary N) is 1. The molecule has 0 amide bonds. The van der Waals surface area contributed by atoms with Crippen LogP contribution in [0.3, 0.4) is 0 Å². The summed E-state index contributed by atoms with van der Waals surface area (Å²) in [4.78, 5) is 0. The average Bonchev–Trinajstić information content (AvgIpc) is 2.82. The van der Waals surface area contributed by atoms with Crippen molar-refractivity contribution in [3.05, 3.63) is 20.8 Å². The van der Waals surface area contributed by atoms with Crippen LogP contribution in [0.5, 0.6) is 0 Å². The van der Waals surface area contributed by atoms with Gasteiger partial charge >= 0.3 is 0 Å². The van der Waals surface area contributed by atoms with Crippen LogP contribution in [0, 0.1) is 0 Å². The summed E-state index contributed by atoms with van der Waals surface area (Å²) in [5, 5.41) is 11.0. The SMILES string of the molecule is CC(C)n1c(N)nnc1SCc1csc(Br)c1. The maximum Gasteiger partial charge on any atom is 0.222 e. The molecule has 2 rings (SSSR count). The molecule has 92 valence electrons. The Balaban J connectivity index is 2.09. The van der Waals surface area contributed by atoms with Crippen LogP contribution in [0.2, 0.25) is 0 Å². The third-order valence-electron chi connectivity index (χ3n) is 2.20. The Morgan fingerprint density at radius 1 is 1.53 bits per heavy atom. The summed E-state index contributed by atoms with van der Waals surface area (Å²) in [5.41, 5.74) is 7.07. The number of rotatable bonds is 4. The van der Waals surface area contributed by atoms with Crippen LogP contribution in [0.15, 0.2) is 20.4 Å². The summed E-state index contributed by atoms with van der Waals surface area (Å²) < 4.78 is 3.10. The zero-order valence-corrected chi connectivity index (χ0v) is 12.8. The first kappa shape index (κ1) is 12.9. The third-order valence-corrected chi connectivity index (χ3v) is 4.76. The molecule has 2 aromatic rings. The predicted molar refractivity (Wildman–Crippen MR) is 76.4 cm³/mol. The smallest absolute Gasteiger partial charge is 0.222 e. The van der Waals surface area contributed by atoms with Gasteiger partial charge in [0.25, 0.3) is 0 Å². The van der Waals surface area contributed by atoms with Crippen LogP contribution in [-0.2, 0) is 5.75 Å². The molecular weight excluding hydrogens is 320 g/mol. The summed E-state index contributed by atoms with van der Waals surface area (Å²) in [5.74, 6) is 1.36. The number of anilines is 1. The van der Waals surface area contributed by atoms with Gasteiger partial charge in [-0.25, -0.2) is 0 Å². The van der Waals surface area contributed by atoms with Gasteiger partial charge in [0.15, 0.2) is 5.16 Å². The van der Waals surface area contributed by atoms with Crippen LogP contribution in [0.4, 0.5) is 5.95 Å². The Morgan fingerprint density at radius 3 is 2.88 bits per heavy atom. The van der Waals surface area contributed by atoms with Crippen molar-refractivity contribution in [1.82, 2.24) is 14.8 Å². The molecule has 17 heavy (non-hydrogen) atoms. The summed E-state index contributed by atoms with van der Waals surface area (Å²) in [6.07, 6.45) is 0. The molecule has 2 heterocycles. The van der Waals surface area contributed by atoms with Crippen LogP contribution >= 0.6 is 39.0 Å². The molecule has 0 fully saturated rings. The zero-order valence-electron chi connectivity index (χ0n) is 9.55. The molecule has 0 aliphatic carbocycles. The molecule has 2 aromatic heterocycles. The molecule has 0 saturated carbocycles. The molecule has 0 unspecified atom stereocenters. The van der Waals surface area contributed by atoms with Crippen molar-refractivity contribution in [3.8, 4) is 0 Å². The molecule has 0 aliphatic rings. The molecule has 0 aliphatic heterocycles. The molecule has 0 saturated heterocycles. The maximum absolute atomic E-state index is 5.79. The van der Waals surface area contributed by atoms with E-state index in [1.165, 1.54) is 5.56 Å². The number of hydrogen-bond acceptors (Lipinski definition) is 5. The quantitative estimate of drug-likeness (QED) is 0.869. The van der Waals surface area contributed by atoms with Gasteiger partial charge in [-0.05, 0) is 46.8 Å². The average molecular weight is 333 g/mol. The number of nitrogens with zero attached hydrogens (tertiary/aromatic N) is 3. The predicted octanol–water partition coefficient (Wildman–Crippen LogP) is 3.56. The highest BCUT2D eigenvalue weighted by atomic mass is 79.9. The Hall–Kier alpha value is -0.530. The van der Waals surface area contributed by atoms with Gasteiger partial charge in [-0.2, -0.15) is 0 Å². The lowest BCUT2D eigenvalue weighted by molar-refractivity contribution is 0.557. The first-order valence-electron chi connectivity index (χ1n) is 5.14. The highest BCUT2D eigenvalue weighted by Crippen LogP contribution is 2.28. The van der Waals surface area contributed by atoms with Crippen LogP contribution in [-0.4, -0.2) is 14.8 Å². The summed E-state index contributed by atoms with van der Waals surface area (Å²) in [7, 11) is 0. The second kappa shape index (κ2) is 5.41. The number of halogens is 1. The minimum absolute atomic E-state index is 0.279. The van der Waals surface area contributed by atoms with Gasteiger partial charge in [0, 0.05) is 11.8 Å². The van der Waals surface area contributed by atoms with Gasteiger partial charge < -0.3 is 5.73 Å². The van der Waals surface area contributed by atoms with Crippen LogP contribution in [0.25, 0.3) is 0 Å². The van der Waals surface area contributed by atoms with E-state index >= 15 is 0 Å². The lowest BCUT2D eigenvalue weighted by atomic mass is 10.4. The molecule has 4 nitrogen and oxygen atoms in total. The Labute approximate surface area is 117 Å². The number of aromatic nitrogens is 3.